The Morgan fingerprint density at radius 2 is 1.96 bits per heavy atom. The van der Waals surface area contributed by atoms with Crippen LogP contribution in [-0.4, -0.2) is 36.0 Å². The Hall–Kier alpha value is -2.90. The van der Waals surface area contributed by atoms with Gasteiger partial charge in [0.1, 0.15) is 12.0 Å². The standard InChI is InChI=1S/C20H20FN5O2/c21-15-8-24-19(14-7-23-18-13(14)6-22-9-25-18)26-16(15)5-12-10-1-3-11(4-2-10)17(12)20(27)28/h6-12,17H,1-5H2,(H,27,28)(H,22,23,25). The number of H-pyrrole nitrogens is 1. The molecule has 2 atom stereocenters. The zero-order chi connectivity index (χ0) is 19.3. The first kappa shape index (κ1) is 17.2. The molecule has 28 heavy (non-hydrogen) atoms. The lowest BCUT2D eigenvalue weighted by atomic mass is 9.57. The summed E-state index contributed by atoms with van der Waals surface area (Å²) in [5, 5.41) is 10.5. The van der Waals surface area contributed by atoms with E-state index in [0.29, 0.717) is 35.1 Å². The Morgan fingerprint density at radius 3 is 2.75 bits per heavy atom. The van der Waals surface area contributed by atoms with Gasteiger partial charge < -0.3 is 10.1 Å². The van der Waals surface area contributed by atoms with Crippen LogP contribution in [0, 0.1) is 29.5 Å². The third-order valence-corrected chi connectivity index (χ3v) is 6.52. The molecule has 3 aliphatic carbocycles. The zero-order valence-electron chi connectivity index (χ0n) is 15.2. The molecule has 3 aromatic heterocycles. The first-order chi connectivity index (χ1) is 13.6. The van der Waals surface area contributed by atoms with E-state index in [1.165, 1.54) is 12.5 Å². The zero-order valence-corrected chi connectivity index (χ0v) is 15.2. The maximum Gasteiger partial charge on any atom is 0.307 e. The van der Waals surface area contributed by atoms with E-state index < -0.39 is 17.7 Å². The van der Waals surface area contributed by atoms with Crippen molar-refractivity contribution in [1.29, 1.82) is 0 Å². The molecule has 6 rings (SSSR count). The number of aromatic amines is 1. The van der Waals surface area contributed by atoms with E-state index in [1.807, 2.05) is 0 Å². The number of carboxylic acids is 1. The summed E-state index contributed by atoms with van der Waals surface area (Å²) in [6.45, 7) is 0. The van der Waals surface area contributed by atoms with Gasteiger partial charge in [0.25, 0.3) is 0 Å². The average molecular weight is 381 g/mol. The molecule has 3 aromatic rings. The third-order valence-electron chi connectivity index (χ3n) is 6.52. The molecule has 3 fully saturated rings. The number of rotatable bonds is 4. The quantitative estimate of drug-likeness (QED) is 0.719. The predicted molar refractivity (Wildman–Crippen MR) is 98.6 cm³/mol. The van der Waals surface area contributed by atoms with E-state index in [0.717, 1.165) is 31.1 Å². The summed E-state index contributed by atoms with van der Waals surface area (Å²) < 4.78 is 14.5. The summed E-state index contributed by atoms with van der Waals surface area (Å²) in [5.41, 5.74) is 1.66. The van der Waals surface area contributed by atoms with Gasteiger partial charge in [-0.05, 0) is 49.9 Å². The molecule has 0 spiro atoms. The second-order valence-corrected chi connectivity index (χ2v) is 7.88. The van der Waals surface area contributed by atoms with E-state index in [4.69, 9.17) is 0 Å². The van der Waals surface area contributed by atoms with Gasteiger partial charge >= 0.3 is 5.97 Å². The summed E-state index contributed by atoms with van der Waals surface area (Å²) in [7, 11) is 0. The van der Waals surface area contributed by atoms with Crippen LogP contribution >= 0.6 is 0 Å². The van der Waals surface area contributed by atoms with Crippen LogP contribution in [0.15, 0.2) is 24.9 Å². The second kappa shape index (κ2) is 6.61. The molecule has 3 heterocycles. The monoisotopic (exact) mass is 381 g/mol. The summed E-state index contributed by atoms with van der Waals surface area (Å²) in [4.78, 5) is 31.7. The fourth-order valence-electron chi connectivity index (χ4n) is 5.20. The first-order valence-electron chi connectivity index (χ1n) is 9.63. The molecule has 0 aliphatic heterocycles. The van der Waals surface area contributed by atoms with Crippen molar-refractivity contribution in [1.82, 2.24) is 24.9 Å². The molecule has 0 radical (unpaired) electrons. The maximum atomic E-state index is 14.5. The lowest BCUT2D eigenvalue weighted by molar-refractivity contribution is -0.152. The van der Waals surface area contributed by atoms with Gasteiger partial charge in [0.05, 0.1) is 17.8 Å². The van der Waals surface area contributed by atoms with E-state index in [1.54, 1.807) is 12.4 Å². The van der Waals surface area contributed by atoms with Gasteiger partial charge in [0.2, 0.25) is 0 Å². The van der Waals surface area contributed by atoms with E-state index >= 15 is 0 Å². The van der Waals surface area contributed by atoms with E-state index in [-0.39, 0.29) is 11.8 Å². The summed E-state index contributed by atoms with van der Waals surface area (Å²) in [5.74, 6) is -0.813. The van der Waals surface area contributed by atoms with Crippen LogP contribution < -0.4 is 0 Å². The maximum absolute atomic E-state index is 14.5. The molecule has 0 saturated heterocycles. The molecule has 3 saturated carbocycles. The minimum Gasteiger partial charge on any atom is -0.481 e. The first-order valence-corrected chi connectivity index (χ1v) is 9.63. The van der Waals surface area contributed by atoms with Crippen molar-refractivity contribution in [3.63, 3.8) is 0 Å². The summed E-state index contributed by atoms with van der Waals surface area (Å²) in [6, 6.07) is 0. The highest BCUT2D eigenvalue weighted by atomic mass is 19.1. The molecule has 2 unspecified atom stereocenters. The highest BCUT2D eigenvalue weighted by Crippen LogP contribution is 2.50. The lowest BCUT2D eigenvalue weighted by Crippen LogP contribution is -2.45. The van der Waals surface area contributed by atoms with Crippen LogP contribution in [0.2, 0.25) is 0 Å². The Kier molecular flexibility index (Phi) is 4.07. The van der Waals surface area contributed by atoms with Crippen LogP contribution in [-0.2, 0) is 11.2 Å². The van der Waals surface area contributed by atoms with Crippen molar-refractivity contribution in [3.05, 3.63) is 36.4 Å². The Labute approximate surface area is 160 Å². The van der Waals surface area contributed by atoms with Gasteiger partial charge in [-0.2, -0.15) is 0 Å². The Bertz CT molecular complexity index is 1040. The molecular formula is C20H20FN5O2. The number of fused-ring (bicyclic) bond motifs is 4. The van der Waals surface area contributed by atoms with Crippen LogP contribution in [0.5, 0.6) is 0 Å². The highest BCUT2D eigenvalue weighted by Gasteiger charge is 2.47. The molecule has 144 valence electrons. The van der Waals surface area contributed by atoms with Gasteiger partial charge in [-0.1, -0.05) is 0 Å². The molecular weight excluding hydrogens is 361 g/mol. The van der Waals surface area contributed by atoms with Crippen molar-refractivity contribution in [2.75, 3.05) is 0 Å². The van der Waals surface area contributed by atoms with Gasteiger partial charge in [-0.15, -0.1) is 0 Å². The number of halogens is 1. The van der Waals surface area contributed by atoms with Crippen LogP contribution in [0.1, 0.15) is 31.4 Å². The number of carbonyl (C=O) groups is 1. The highest BCUT2D eigenvalue weighted by molar-refractivity contribution is 5.90. The number of hydrogen-bond donors (Lipinski definition) is 2. The third kappa shape index (κ3) is 2.75. The summed E-state index contributed by atoms with van der Waals surface area (Å²) >= 11 is 0. The molecule has 8 heteroatoms. The molecule has 3 aliphatic rings. The Morgan fingerprint density at radius 1 is 1.18 bits per heavy atom. The fraction of sp³-hybridized carbons (Fsp3) is 0.450. The number of nitrogens with zero attached hydrogens (tertiary/aromatic N) is 4. The minimum absolute atomic E-state index is 0.0754. The van der Waals surface area contributed by atoms with Crippen molar-refractivity contribution >= 4 is 17.0 Å². The van der Waals surface area contributed by atoms with Crippen molar-refractivity contribution in [3.8, 4) is 11.4 Å². The summed E-state index contributed by atoms with van der Waals surface area (Å²) in [6.07, 6.45) is 10.3. The topological polar surface area (TPSA) is 105 Å². The predicted octanol–water partition coefficient (Wildman–Crippen LogP) is 3.23. The normalized spacial score (nSPS) is 26.6. The van der Waals surface area contributed by atoms with Gasteiger partial charge in [-0.25, -0.2) is 24.3 Å². The van der Waals surface area contributed by atoms with Gasteiger partial charge in [0.15, 0.2) is 11.6 Å². The SMILES string of the molecule is O=C(O)C1C2CCC(CC2)C1Cc1nc(-c2c[nH]c3ncncc23)ncc1F. The smallest absolute Gasteiger partial charge is 0.307 e. The van der Waals surface area contributed by atoms with Crippen LogP contribution in [0.4, 0.5) is 4.39 Å². The van der Waals surface area contributed by atoms with E-state index in [2.05, 4.69) is 24.9 Å². The molecule has 0 aromatic carbocycles. The van der Waals surface area contributed by atoms with Gasteiger partial charge in [0, 0.05) is 23.3 Å². The van der Waals surface area contributed by atoms with Crippen LogP contribution in [0.3, 0.4) is 0 Å². The molecule has 7 nitrogen and oxygen atoms in total. The van der Waals surface area contributed by atoms with Crippen molar-refractivity contribution in [2.24, 2.45) is 23.7 Å². The lowest BCUT2D eigenvalue weighted by Gasteiger charge is -2.46. The number of aliphatic carboxylic acids is 1. The van der Waals surface area contributed by atoms with E-state index in [9.17, 15) is 14.3 Å². The van der Waals surface area contributed by atoms with Crippen LogP contribution in [0.25, 0.3) is 22.4 Å². The average Bonchev–Trinajstić information content (AvgIpc) is 3.14. The van der Waals surface area contributed by atoms with Gasteiger partial charge in [-0.3, -0.25) is 4.79 Å². The minimum atomic E-state index is -0.761. The van der Waals surface area contributed by atoms with Crippen molar-refractivity contribution in [2.45, 2.75) is 32.1 Å². The number of nitrogens with one attached hydrogen (secondary N) is 1. The number of aromatic nitrogens is 5. The Balaban J connectivity index is 1.50. The molecule has 2 N–H and O–H groups in total. The fourth-order valence-corrected chi connectivity index (χ4v) is 5.20. The number of hydrogen-bond acceptors (Lipinski definition) is 5. The largest absolute Gasteiger partial charge is 0.481 e. The molecule has 0 amide bonds. The number of carboxylic acid groups (broad SMARTS) is 1. The second-order valence-electron chi connectivity index (χ2n) is 7.88. The molecule has 2 bridgehead atoms. The van der Waals surface area contributed by atoms with Crippen molar-refractivity contribution < 1.29 is 14.3 Å².